The lowest BCUT2D eigenvalue weighted by molar-refractivity contribution is 0.284. The van der Waals surface area contributed by atoms with Gasteiger partial charge < -0.3 is 10.5 Å². The average Bonchev–Trinajstić information content (AvgIpc) is 2.28. The highest BCUT2D eigenvalue weighted by molar-refractivity contribution is 7.98. The molecule has 82 valence electrons. The Morgan fingerprint density at radius 2 is 2.40 bits per heavy atom. The highest BCUT2D eigenvalue weighted by Gasteiger charge is 2.17. The number of rotatable bonds is 3. The van der Waals surface area contributed by atoms with Gasteiger partial charge in [-0.3, -0.25) is 0 Å². The molecular weight excluding hydrogens is 206 g/mol. The van der Waals surface area contributed by atoms with Crippen molar-refractivity contribution in [3.63, 3.8) is 0 Å². The minimum absolute atomic E-state index is 0.0908. The first-order valence-electron chi connectivity index (χ1n) is 5.32. The van der Waals surface area contributed by atoms with E-state index in [4.69, 9.17) is 10.5 Å². The van der Waals surface area contributed by atoms with E-state index < -0.39 is 0 Å². The molecule has 2 nitrogen and oxygen atoms in total. The van der Waals surface area contributed by atoms with Gasteiger partial charge in [-0.05, 0) is 24.7 Å². The van der Waals surface area contributed by atoms with E-state index in [1.807, 2.05) is 0 Å². The van der Waals surface area contributed by atoms with Crippen LogP contribution in [0.5, 0.6) is 5.75 Å². The molecule has 1 atom stereocenters. The Labute approximate surface area is 95.2 Å². The molecule has 0 amide bonds. The van der Waals surface area contributed by atoms with Crippen molar-refractivity contribution >= 4 is 11.8 Å². The molecule has 1 aliphatic heterocycles. The molecule has 0 aliphatic carbocycles. The second kappa shape index (κ2) is 4.90. The van der Waals surface area contributed by atoms with Gasteiger partial charge in [-0.1, -0.05) is 18.2 Å². The quantitative estimate of drug-likeness (QED) is 0.854. The summed E-state index contributed by atoms with van der Waals surface area (Å²) in [6.07, 6.45) is 4.32. The van der Waals surface area contributed by atoms with E-state index in [1.54, 1.807) is 11.8 Å². The molecule has 2 N–H and O–H groups in total. The number of benzene rings is 1. The average molecular weight is 223 g/mol. The second-order valence-electron chi connectivity index (χ2n) is 3.85. The summed E-state index contributed by atoms with van der Waals surface area (Å²) in [5.41, 5.74) is 8.61. The fourth-order valence-corrected chi connectivity index (χ4v) is 2.51. The second-order valence-corrected chi connectivity index (χ2v) is 4.76. The summed E-state index contributed by atoms with van der Waals surface area (Å²) in [5, 5.41) is 0. The minimum atomic E-state index is 0.0908. The number of fused-ring (bicyclic) bond motifs is 1. The van der Waals surface area contributed by atoms with Crippen LogP contribution in [0, 0.1) is 0 Å². The van der Waals surface area contributed by atoms with Crippen molar-refractivity contribution in [1.29, 1.82) is 0 Å². The van der Waals surface area contributed by atoms with Gasteiger partial charge in [0, 0.05) is 17.4 Å². The highest BCUT2D eigenvalue weighted by Crippen LogP contribution is 2.32. The zero-order valence-electron chi connectivity index (χ0n) is 9.03. The van der Waals surface area contributed by atoms with Crippen LogP contribution in [0.25, 0.3) is 0 Å². The Morgan fingerprint density at radius 1 is 1.53 bits per heavy atom. The molecule has 1 aromatic carbocycles. The number of para-hydroxylation sites is 1. The topological polar surface area (TPSA) is 35.2 Å². The number of nitrogens with two attached hydrogens (primary N) is 1. The first-order valence-corrected chi connectivity index (χ1v) is 6.71. The lowest BCUT2D eigenvalue weighted by Gasteiger charge is -2.22. The molecule has 1 heterocycles. The van der Waals surface area contributed by atoms with Gasteiger partial charge >= 0.3 is 0 Å². The van der Waals surface area contributed by atoms with Crippen LogP contribution >= 0.6 is 11.8 Å². The molecule has 1 aliphatic rings. The van der Waals surface area contributed by atoms with Crippen molar-refractivity contribution < 1.29 is 4.74 Å². The maximum atomic E-state index is 6.13. The van der Waals surface area contributed by atoms with Crippen LogP contribution in [0.4, 0.5) is 0 Å². The molecule has 0 saturated heterocycles. The van der Waals surface area contributed by atoms with Crippen molar-refractivity contribution in [3.8, 4) is 5.75 Å². The molecule has 0 saturated carbocycles. The van der Waals surface area contributed by atoms with Crippen LogP contribution < -0.4 is 10.5 Å². The highest BCUT2D eigenvalue weighted by atomic mass is 32.2. The summed E-state index contributed by atoms with van der Waals surface area (Å²) in [6.45, 7) is 0.829. The van der Waals surface area contributed by atoms with Gasteiger partial charge in [0.15, 0.2) is 0 Å². The number of hydrogen-bond donors (Lipinski definition) is 1. The number of ether oxygens (including phenoxy) is 1. The Balaban J connectivity index is 2.30. The molecule has 0 fully saturated rings. The number of hydrogen-bond acceptors (Lipinski definition) is 3. The molecule has 15 heavy (non-hydrogen) atoms. The third kappa shape index (κ3) is 2.29. The van der Waals surface area contributed by atoms with Gasteiger partial charge in [0.05, 0.1) is 6.61 Å². The van der Waals surface area contributed by atoms with E-state index in [9.17, 15) is 0 Å². The molecule has 0 spiro atoms. The maximum absolute atomic E-state index is 6.13. The van der Waals surface area contributed by atoms with Gasteiger partial charge in [0.25, 0.3) is 0 Å². The van der Waals surface area contributed by atoms with Crippen LogP contribution in [-0.4, -0.2) is 18.6 Å². The predicted molar refractivity (Wildman–Crippen MR) is 65.6 cm³/mol. The number of aryl methyl sites for hydroxylation is 1. The summed E-state index contributed by atoms with van der Waals surface area (Å²) in [7, 11) is 0. The van der Waals surface area contributed by atoms with Crippen LogP contribution in [0.3, 0.4) is 0 Å². The zero-order valence-corrected chi connectivity index (χ0v) is 9.85. The van der Waals surface area contributed by atoms with Gasteiger partial charge in [-0.2, -0.15) is 11.8 Å². The Morgan fingerprint density at radius 3 is 3.20 bits per heavy atom. The monoisotopic (exact) mass is 223 g/mol. The summed E-state index contributed by atoms with van der Waals surface area (Å²) in [4.78, 5) is 0. The predicted octanol–water partition coefficient (Wildman–Crippen LogP) is 2.37. The van der Waals surface area contributed by atoms with E-state index in [0.29, 0.717) is 0 Å². The van der Waals surface area contributed by atoms with Crippen molar-refractivity contribution in [1.82, 2.24) is 0 Å². The van der Waals surface area contributed by atoms with E-state index in [1.165, 1.54) is 11.1 Å². The van der Waals surface area contributed by atoms with Gasteiger partial charge in [-0.25, -0.2) is 0 Å². The molecule has 0 radical (unpaired) electrons. The smallest absolute Gasteiger partial charge is 0.127 e. The molecule has 0 aromatic heterocycles. The van der Waals surface area contributed by atoms with E-state index in [2.05, 4.69) is 24.5 Å². The number of thioether (sulfide) groups is 1. The van der Waals surface area contributed by atoms with Gasteiger partial charge in [0.1, 0.15) is 5.75 Å². The van der Waals surface area contributed by atoms with Crippen molar-refractivity contribution in [3.05, 3.63) is 29.3 Å². The first kappa shape index (κ1) is 10.8. The lowest BCUT2D eigenvalue weighted by Crippen LogP contribution is -2.17. The lowest BCUT2D eigenvalue weighted by atomic mass is 9.99. The van der Waals surface area contributed by atoms with Crippen molar-refractivity contribution in [2.24, 2.45) is 5.73 Å². The standard InChI is InChI=1S/C12H17NOS/c1-15-8-11(13)10-6-2-4-9-5-3-7-14-12(9)10/h2,4,6,11H,3,5,7-8,13H2,1H3. The van der Waals surface area contributed by atoms with Crippen LogP contribution in [0.15, 0.2) is 18.2 Å². The summed E-state index contributed by atoms with van der Waals surface area (Å²) in [5.74, 6) is 1.99. The SMILES string of the molecule is CSCC(N)c1cccc2c1OCCC2. The fourth-order valence-electron chi connectivity index (χ4n) is 1.98. The molecular formula is C12H17NOS. The fraction of sp³-hybridized carbons (Fsp3) is 0.500. The van der Waals surface area contributed by atoms with Crippen LogP contribution in [-0.2, 0) is 6.42 Å². The molecule has 3 heteroatoms. The summed E-state index contributed by atoms with van der Waals surface area (Å²) < 4.78 is 5.73. The van der Waals surface area contributed by atoms with E-state index in [0.717, 1.165) is 31.0 Å². The largest absolute Gasteiger partial charge is 0.493 e. The summed E-state index contributed by atoms with van der Waals surface area (Å²) >= 11 is 1.77. The van der Waals surface area contributed by atoms with Gasteiger partial charge in [0.2, 0.25) is 0 Å². The maximum Gasteiger partial charge on any atom is 0.127 e. The Bertz CT molecular complexity index is 340. The minimum Gasteiger partial charge on any atom is -0.493 e. The molecule has 1 aromatic rings. The molecule has 0 bridgehead atoms. The first-order chi connectivity index (χ1) is 7.33. The molecule has 2 rings (SSSR count). The Hall–Kier alpha value is -0.670. The van der Waals surface area contributed by atoms with Crippen molar-refractivity contribution in [2.45, 2.75) is 18.9 Å². The molecule has 1 unspecified atom stereocenters. The Kier molecular flexibility index (Phi) is 3.54. The normalized spacial score (nSPS) is 16.7. The third-order valence-electron chi connectivity index (χ3n) is 2.71. The third-order valence-corrected chi connectivity index (χ3v) is 3.40. The van der Waals surface area contributed by atoms with Gasteiger partial charge in [-0.15, -0.1) is 0 Å². The van der Waals surface area contributed by atoms with E-state index in [-0.39, 0.29) is 6.04 Å². The van der Waals surface area contributed by atoms with Crippen LogP contribution in [0.1, 0.15) is 23.6 Å². The summed E-state index contributed by atoms with van der Waals surface area (Å²) in [6, 6.07) is 6.41. The van der Waals surface area contributed by atoms with Crippen LogP contribution in [0.2, 0.25) is 0 Å². The zero-order chi connectivity index (χ0) is 10.7. The van der Waals surface area contributed by atoms with Crippen molar-refractivity contribution in [2.75, 3.05) is 18.6 Å². The van der Waals surface area contributed by atoms with E-state index >= 15 is 0 Å².